The third kappa shape index (κ3) is 6.98. The fourth-order valence-corrected chi connectivity index (χ4v) is 7.44. The lowest BCUT2D eigenvalue weighted by Crippen LogP contribution is -2.17. The van der Waals surface area contributed by atoms with Gasteiger partial charge in [0.1, 0.15) is 11.6 Å². The summed E-state index contributed by atoms with van der Waals surface area (Å²) in [5.74, 6) is 2.48. The molecule has 3 unspecified atom stereocenters. The highest BCUT2D eigenvalue weighted by Gasteiger charge is 2.36. The van der Waals surface area contributed by atoms with Crippen molar-refractivity contribution in [1.82, 2.24) is 0 Å². The molecule has 0 aliphatic heterocycles. The molecule has 6 rings (SSSR count). The number of nitrogens with one attached hydrogen (secondary N) is 1. The number of unbranched alkanes of at least 4 members (excludes halogenated alkanes) is 1. The molecule has 5 heteroatoms. The lowest BCUT2D eigenvalue weighted by molar-refractivity contribution is -0.124. The maximum atomic E-state index is 13.4. The summed E-state index contributed by atoms with van der Waals surface area (Å²) >= 11 is 0. The zero-order valence-electron chi connectivity index (χ0n) is 24.4. The fraction of sp³-hybridized carbons (Fsp3) is 0.611. The van der Waals surface area contributed by atoms with Crippen LogP contribution in [0.2, 0.25) is 0 Å². The molecule has 0 bridgehead atoms. The van der Waals surface area contributed by atoms with Gasteiger partial charge in [-0.15, -0.1) is 0 Å². The van der Waals surface area contributed by atoms with Crippen LogP contribution in [0.3, 0.4) is 0 Å². The molecule has 5 nitrogen and oxygen atoms in total. The van der Waals surface area contributed by atoms with Crippen molar-refractivity contribution in [3.8, 4) is 0 Å². The zero-order valence-corrected chi connectivity index (χ0v) is 24.4. The van der Waals surface area contributed by atoms with Crippen molar-refractivity contribution in [2.24, 2.45) is 23.7 Å². The van der Waals surface area contributed by atoms with Gasteiger partial charge in [0.2, 0.25) is 0 Å². The molecule has 1 aromatic carbocycles. The van der Waals surface area contributed by atoms with Gasteiger partial charge in [-0.25, -0.2) is 0 Å². The number of amides is 1. The van der Waals surface area contributed by atoms with Crippen molar-refractivity contribution < 1.29 is 19.2 Å². The number of anilines is 1. The van der Waals surface area contributed by atoms with Crippen molar-refractivity contribution in [1.29, 1.82) is 0 Å². The maximum absolute atomic E-state index is 13.4. The van der Waals surface area contributed by atoms with Crippen LogP contribution in [-0.4, -0.2) is 23.3 Å². The molecule has 5 aliphatic carbocycles. The molecule has 0 saturated heterocycles. The van der Waals surface area contributed by atoms with Gasteiger partial charge in [0, 0.05) is 47.4 Å². The van der Waals surface area contributed by atoms with Gasteiger partial charge in [-0.3, -0.25) is 19.2 Å². The Kier molecular flexibility index (Phi) is 8.69. The van der Waals surface area contributed by atoms with Gasteiger partial charge in [-0.2, -0.15) is 0 Å². The predicted molar refractivity (Wildman–Crippen MR) is 161 cm³/mol. The van der Waals surface area contributed by atoms with Crippen molar-refractivity contribution in [3.05, 3.63) is 52.6 Å². The van der Waals surface area contributed by atoms with Crippen LogP contribution < -0.4 is 5.32 Å². The Hall–Kier alpha value is -2.82. The van der Waals surface area contributed by atoms with Crippen molar-refractivity contribution in [2.45, 2.75) is 115 Å². The Morgan fingerprint density at radius 1 is 0.829 bits per heavy atom. The van der Waals surface area contributed by atoms with E-state index in [1.165, 1.54) is 18.4 Å². The van der Waals surface area contributed by atoms with Gasteiger partial charge >= 0.3 is 0 Å². The largest absolute Gasteiger partial charge is 0.322 e. The SMILES string of the molecule is O=C(Nc1cc(C(=O)CCCCC2CCCC2=O)ccc1C1CCCC(C(=O)C2CC2)CC1)C1=CCC(C2CC2)=C1. The Bertz CT molecular complexity index is 1260. The van der Waals surface area contributed by atoms with Crippen LogP contribution in [0.1, 0.15) is 131 Å². The summed E-state index contributed by atoms with van der Waals surface area (Å²) in [7, 11) is 0. The van der Waals surface area contributed by atoms with Crippen LogP contribution >= 0.6 is 0 Å². The first-order valence-corrected chi connectivity index (χ1v) is 16.4. The summed E-state index contributed by atoms with van der Waals surface area (Å²) < 4.78 is 0. The summed E-state index contributed by atoms with van der Waals surface area (Å²) in [6, 6.07) is 5.89. The lowest BCUT2D eigenvalue weighted by Gasteiger charge is -2.20. The normalized spacial score (nSPS) is 26.3. The van der Waals surface area contributed by atoms with E-state index < -0.39 is 0 Å². The van der Waals surface area contributed by atoms with Crippen LogP contribution in [0, 0.1) is 23.7 Å². The van der Waals surface area contributed by atoms with E-state index in [2.05, 4.69) is 17.5 Å². The van der Waals surface area contributed by atoms with Crippen LogP contribution in [-0.2, 0) is 14.4 Å². The van der Waals surface area contributed by atoms with E-state index in [-0.39, 0.29) is 29.4 Å². The van der Waals surface area contributed by atoms with Crippen molar-refractivity contribution in [3.63, 3.8) is 0 Å². The molecular formula is C36H45NO4. The molecule has 4 fully saturated rings. The molecule has 5 aliphatic rings. The Labute approximate surface area is 244 Å². The first-order chi connectivity index (χ1) is 20.0. The molecule has 218 valence electrons. The van der Waals surface area contributed by atoms with Gasteiger partial charge in [-0.1, -0.05) is 36.6 Å². The van der Waals surface area contributed by atoms with Crippen LogP contribution in [0.4, 0.5) is 5.69 Å². The molecule has 41 heavy (non-hydrogen) atoms. The highest BCUT2D eigenvalue weighted by molar-refractivity contribution is 6.07. The lowest BCUT2D eigenvalue weighted by atomic mass is 9.87. The maximum Gasteiger partial charge on any atom is 0.255 e. The van der Waals surface area contributed by atoms with E-state index in [9.17, 15) is 19.2 Å². The van der Waals surface area contributed by atoms with Gasteiger partial charge in [0.05, 0.1) is 0 Å². The highest BCUT2D eigenvalue weighted by atomic mass is 16.2. The van der Waals surface area contributed by atoms with Gasteiger partial charge in [0.25, 0.3) is 5.91 Å². The number of Topliss-reactive ketones (excluding diaryl/α,β-unsaturated/α-hetero) is 3. The number of hydrogen-bond donors (Lipinski definition) is 1. The number of rotatable bonds is 12. The number of carbonyl (C=O) groups excluding carboxylic acids is 4. The summed E-state index contributed by atoms with van der Waals surface area (Å²) in [6.45, 7) is 0. The van der Waals surface area contributed by atoms with E-state index in [1.54, 1.807) is 0 Å². The number of carbonyl (C=O) groups is 4. The average molecular weight is 556 g/mol. The van der Waals surface area contributed by atoms with Crippen molar-refractivity contribution >= 4 is 28.9 Å². The van der Waals surface area contributed by atoms with Crippen LogP contribution in [0.25, 0.3) is 0 Å². The summed E-state index contributed by atoms with van der Waals surface area (Å²) in [4.78, 5) is 51.3. The highest BCUT2D eigenvalue weighted by Crippen LogP contribution is 2.43. The monoisotopic (exact) mass is 555 g/mol. The number of allylic oxidation sites excluding steroid dienone is 2. The van der Waals surface area contributed by atoms with Crippen molar-refractivity contribution in [2.75, 3.05) is 5.32 Å². The minimum atomic E-state index is -0.0943. The van der Waals surface area contributed by atoms with E-state index in [4.69, 9.17) is 0 Å². The van der Waals surface area contributed by atoms with Crippen LogP contribution in [0.15, 0.2) is 41.5 Å². The van der Waals surface area contributed by atoms with E-state index in [1.807, 2.05) is 18.2 Å². The molecule has 0 spiro atoms. The van der Waals surface area contributed by atoms with Gasteiger partial charge in [-0.05, 0) is 113 Å². The summed E-state index contributed by atoms with van der Waals surface area (Å²) in [5, 5.41) is 3.21. The second-order valence-corrected chi connectivity index (χ2v) is 13.4. The molecular weight excluding hydrogens is 510 g/mol. The fourth-order valence-electron chi connectivity index (χ4n) is 7.44. The molecule has 0 radical (unpaired) electrons. The first-order valence-electron chi connectivity index (χ1n) is 16.4. The number of ketones is 3. The third-order valence-electron chi connectivity index (χ3n) is 10.3. The Morgan fingerprint density at radius 2 is 1.61 bits per heavy atom. The quantitative estimate of drug-likeness (QED) is 0.161. The molecule has 1 aromatic rings. The summed E-state index contributed by atoms with van der Waals surface area (Å²) in [6.07, 6.45) is 20.2. The standard InChI is InChI=1S/C36H45NO4/c38-33-10-4-7-25(33)5-1-2-9-34(39)29-19-20-31(24-6-3-8-26(14-13-24)35(40)27-15-16-27)32(22-29)37-36(41)30-18-17-28(21-30)23-11-12-23/h18-27H,1-17H2,(H,37,41). The van der Waals surface area contributed by atoms with Crippen LogP contribution in [0.5, 0.6) is 0 Å². The second kappa shape index (κ2) is 12.6. The minimum absolute atomic E-state index is 0.0942. The number of benzene rings is 1. The first kappa shape index (κ1) is 28.3. The second-order valence-electron chi connectivity index (χ2n) is 13.4. The molecule has 1 amide bonds. The van der Waals surface area contributed by atoms with E-state index in [0.717, 1.165) is 107 Å². The Morgan fingerprint density at radius 3 is 2.37 bits per heavy atom. The average Bonchev–Trinajstić information content (AvgIpc) is 3.91. The molecule has 4 saturated carbocycles. The molecule has 0 aromatic heterocycles. The topological polar surface area (TPSA) is 80.3 Å². The number of hydrogen-bond acceptors (Lipinski definition) is 4. The zero-order chi connectivity index (χ0) is 28.3. The molecule has 1 N–H and O–H groups in total. The smallest absolute Gasteiger partial charge is 0.255 e. The minimum Gasteiger partial charge on any atom is -0.322 e. The van der Waals surface area contributed by atoms with E-state index >= 15 is 0 Å². The Balaban J connectivity index is 1.14. The van der Waals surface area contributed by atoms with E-state index in [0.29, 0.717) is 35.4 Å². The van der Waals surface area contributed by atoms with Gasteiger partial charge < -0.3 is 5.32 Å². The molecule has 0 heterocycles. The van der Waals surface area contributed by atoms with Gasteiger partial charge in [0.15, 0.2) is 5.78 Å². The molecule has 3 atom stereocenters. The third-order valence-corrected chi connectivity index (χ3v) is 10.3. The summed E-state index contributed by atoms with van der Waals surface area (Å²) in [5.41, 5.74) is 4.59. The predicted octanol–water partition coefficient (Wildman–Crippen LogP) is 8.05.